The number of benzene rings is 1. The molecule has 0 saturated carbocycles. The third-order valence-corrected chi connectivity index (χ3v) is 5.00. The zero-order valence-corrected chi connectivity index (χ0v) is 14.6. The van der Waals surface area contributed by atoms with Gasteiger partial charge >= 0.3 is 0 Å². The first-order valence-corrected chi connectivity index (χ1v) is 8.20. The summed E-state index contributed by atoms with van der Waals surface area (Å²) in [7, 11) is 1.73. The van der Waals surface area contributed by atoms with E-state index < -0.39 is 0 Å². The number of methoxy groups -OCH3 is 1. The number of rotatable bonds is 5. The molecule has 1 fully saturated rings. The fourth-order valence-corrected chi connectivity index (χ4v) is 3.68. The number of hydrogen-bond acceptors (Lipinski definition) is 4. The highest BCUT2D eigenvalue weighted by Crippen LogP contribution is 2.34. The SMILES string of the molecule is COc1ccc(C(C)N2C(C)COCC2CCN)c(C)c1C. The van der Waals surface area contributed by atoms with Crippen molar-refractivity contribution in [2.45, 2.75) is 52.2 Å². The molecule has 4 nitrogen and oxygen atoms in total. The molecule has 0 aliphatic carbocycles. The number of ether oxygens (including phenoxy) is 2. The van der Waals surface area contributed by atoms with Crippen LogP contribution in [0.15, 0.2) is 12.1 Å². The molecule has 1 heterocycles. The quantitative estimate of drug-likeness (QED) is 0.909. The number of nitrogens with two attached hydrogens (primary N) is 1. The fourth-order valence-electron chi connectivity index (χ4n) is 3.68. The van der Waals surface area contributed by atoms with E-state index in [0.29, 0.717) is 24.7 Å². The van der Waals surface area contributed by atoms with Crippen LogP contribution in [0.5, 0.6) is 5.75 Å². The van der Waals surface area contributed by atoms with Crippen LogP contribution in [0.4, 0.5) is 0 Å². The van der Waals surface area contributed by atoms with Crippen LogP contribution in [0.25, 0.3) is 0 Å². The summed E-state index contributed by atoms with van der Waals surface area (Å²) in [6.07, 6.45) is 0.975. The van der Waals surface area contributed by atoms with Gasteiger partial charge < -0.3 is 15.2 Å². The summed E-state index contributed by atoms with van der Waals surface area (Å²) in [6.45, 7) is 11.1. The normalized spacial score (nSPS) is 24.3. The van der Waals surface area contributed by atoms with E-state index in [1.165, 1.54) is 16.7 Å². The number of hydrogen-bond donors (Lipinski definition) is 1. The Bertz CT molecular complexity index is 502. The van der Waals surface area contributed by atoms with Crippen LogP contribution in [0.1, 0.15) is 43.0 Å². The van der Waals surface area contributed by atoms with Crippen LogP contribution < -0.4 is 10.5 Å². The Morgan fingerprint density at radius 2 is 2.05 bits per heavy atom. The Morgan fingerprint density at radius 1 is 1.32 bits per heavy atom. The molecule has 0 spiro atoms. The van der Waals surface area contributed by atoms with Gasteiger partial charge in [-0.3, -0.25) is 4.90 Å². The third kappa shape index (κ3) is 3.29. The Balaban J connectivity index is 2.32. The second-order valence-electron chi connectivity index (χ2n) is 6.35. The molecule has 124 valence electrons. The van der Waals surface area contributed by atoms with Gasteiger partial charge in [0.15, 0.2) is 0 Å². The first kappa shape index (κ1) is 17.3. The van der Waals surface area contributed by atoms with Crippen LogP contribution in [0.2, 0.25) is 0 Å². The monoisotopic (exact) mass is 306 g/mol. The van der Waals surface area contributed by atoms with E-state index in [-0.39, 0.29) is 0 Å². The zero-order valence-electron chi connectivity index (χ0n) is 14.6. The van der Waals surface area contributed by atoms with Crippen molar-refractivity contribution in [1.82, 2.24) is 4.90 Å². The Hall–Kier alpha value is -1.10. The minimum Gasteiger partial charge on any atom is -0.496 e. The van der Waals surface area contributed by atoms with Gasteiger partial charge in [-0.2, -0.15) is 0 Å². The zero-order chi connectivity index (χ0) is 16.3. The molecule has 1 saturated heterocycles. The molecule has 3 unspecified atom stereocenters. The highest BCUT2D eigenvalue weighted by molar-refractivity contribution is 5.44. The number of morpholine rings is 1. The molecule has 0 radical (unpaired) electrons. The minimum atomic E-state index is 0.347. The molecule has 2 rings (SSSR count). The van der Waals surface area contributed by atoms with E-state index in [0.717, 1.165) is 25.4 Å². The van der Waals surface area contributed by atoms with Gasteiger partial charge in [-0.15, -0.1) is 0 Å². The van der Waals surface area contributed by atoms with Gasteiger partial charge in [0, 0.05) is 18.1 Å². The molecule has 1 aromatic carbocycles. The first-order valence-electron chi connectivity index (χ1n) is 8.20. The highest BCUT2D eigenvalue weighted by Gasteiger charge is 2.33. The van der Waals surface area contributed by atoms with E-state index in [9.17, 15) is 0 Å². The Kier molecular flexibility index (Phi) is 5.84. The second kappa shape index (κ2) is 7.44. The van der Waals surface area contributed by atoms with Gasteiger partial charge in [0.2, 0.25) is 0 Å². The van der Waals surface area contributed by atoms with E-state index in [2.05, 4.69) is 44.7 Å². The summed E-state index contributed by atoms with van der Waals surface area (Å²) in [5.41, 5.74) is 9.71. The third-order valence-electron chi connectivity index (χ3n) is 5.00. The van der Waals surface area contributed by atoms with Crippen molar-refractivity contribution in [2.75, 3.05) is 26.9 Å². The van der Waals surface area contributed by atoms with Crippen LogP contribution in [-0.4, -0.2) is 43.9 Å². The van der Waals surface area contributed by atoms with Crippen molar-refractivity contribution < 1.29 is 9.47 Å². The summed E-state index contributed by atoms with van der Waals surface area (Å²) in [4.78, 5) is 2.57. The lowest BCUT2D eigenvalue weighted by Gasteiger charge is -2.44. The van der Waals surface area contributed by atoms with Gasteiger partial charge in [-0.05, 0) is 63.4 Å². The molecule has 1 aromatic rings. The van der Waals surface area contributed by atoms with Gasteiger partial charge in [0.05, 0.1) is 20.3 Å². The lowest BCUT2D eigenvalue weighted by atomic mass is 9.94. The lowest BCUT2D eigenvalue weighted by Crippen LogP contribution is -2.52. The molecule has 22 heavy (non-hydrogen) atoms. The summed E-state index contributed by atoms with van der Waals surface area (Å²) < 4.78 is 11.2. The summed E-state index contributed by atoms with van der Waals surface area (Å²) in [5.74, 6) is 0.960. The van der Waals surface area contributed by atoms with Crippen molar-refractivity contribution >= 4 is 0 Å². The first-order chi connectivity index (χ1) is 10.5. The maximum absolute atomic E-state index is 5.80. The molecule has 3 atom stereocenters. The second-order valence-corrected chi connectivity index (χ2v) is 6.35. The van der Waals surface area contributed by atoms with Crippen molar-refractivity contribution in [2.24, 2.45) is 5.73 Å². The van der Waals surface area contributed by atoms with E-state index >= 15 is 0 Å². The maximum atomic E-state index is 5.80. The molecule has 4 heteroatoms. The van der Waals surface area contributed by atoms with Crippen molar-refractivity contribution in [1.29, 1.82) is 0 Å². The van der Waals surface area contributed by atoms with Gasteiger partial charge in [0.1, 0.15) is 5.75 Å². The van der Waals surface area contributed by atoms with E-state index in [4.69, 9.17) is 15.2 Å². The topological polar surface area (TPSA) is 47.7 Å². The maximum Gasteiger partial charge on any atom is 0.122 e. The van der Waals surface area contributed by atoms with Crippen LogP contribution in [0.3, 0.4) is 0 Å². The average molecular weight is 306 g/mol. The van der Waals surface area contributed by atoms with E-state index in [1.807, 2.05) is 0 Å². The molecule has 2 N–H and O–H groups in total. The molecule has 0 aromatic heterocycles. The summed E-state index contributed by atoms with van der Waals surface area (Å²) in [5, 5.41) is 0. The molecule has 1 aliphatic rings. The van der Waals surface area contributed by atoms with Gasteiger partial charge in [0.25, 0.3) is 0 Å². The predicted octanol–water partition coefficient (Wildman–Crippen LogP) is 2.81. The van der Waals surface area contributed by atoms with Crippen LogP contribution in [0, 0.1) is 13.8 Å². The summed E-state index contributed by atoms with van der Waals surface area (Å²) >= 11 is 0. The van der Waals surface area contributed by atoms with E-state index in [1.54, 1.807) is 7.11 Å². The lowest BCUT2D eigenvalue weighted by molar-refractivity contribution is -0.0638. The smallest absolute Gasteiger partial charge is 0.122 e. The van der Waals surface area contributed by atoms with Gasteiger partial charge in [-0.1, -0.05) is 6.07 Å². The molecule has 0 amide bonds. The molecule has 0 bridgehead atoms. The number of nitrogens with zero attached hydrogens (tertiary/aromatic N) is 1. The van der Waals surface area contributed by atoms with Crippen LogP contribution in [-0.2, 0) is 4.74 Å². The average Bonchev–Trinajstić information content (AvgIpc) is 2.50. The van der Waals surface area contributed by atoms with Crippen molar-refractivity contribution in [3.8, 4) is 5.75 Å². The van der Waals surface area contributed by atoms with Crippen LogP contribution >= 0.6 is 0 Å². The largest absolute Gasteiger partial charge is 0.496 e. The molecular formula is C18H30N2O2. The standard InChI is InChI=1S/C18H30N2O2/c1-12-10-22-11-16(8-9-19)20(12)15(4)17-6-7-18(21-5)14(3)13(17)2/h6-7,12,15-16H,8-11,19H2,1-5H3. The van der Waals surface area contributed by atoms with Gasteiger partial charge in [-0.25, -0.2) is 0 Å². The fraction of sp³-hybridized carbons (Fsp3) is 0.667. The Labute approximate surface area is 134 Å². The minimum absolute atomic E-state index is 0.347. The molecule has 1 aliphatic heterocycles. The molecular weight excluding hydrogens is 276 g/mol. The van der Waals surface area contributed by atoms with Crippen molar-refractivity contribution in [3.63, 3.8) is 0 Å². The highest BCUT2D eigenvalue weighted by atomic mass is 16.5. The Morgan fingerprint density at radius 3 is 2.68 bits per heavy atom. The predicted molar refractivity (Wildman–Crippen MR) is 90.5 cm³/mol. The van der Waals surface area contributed by atoms with Crippen molar-refractivity contribution in [3.05, 3.63) is 28.8 Å². The summed E-state index contributed by atoms with van der Waals surface area (Å²) in [6, 6.07) is 5.43.